The normalized spacial score (nSPS) is 28.4. The van der Waals surface area contributed by atoms with E-state index in [1.807, 2.05) is 0 Å². The van der Waals surface area contributed by atoms with Gasteiger partial charge in [0.15, 0.2) is 0 Å². The van der Waals surface area contributed by atoms with Gasteiger partial charge in [-0.15, -0.1) is 0 Å². The molecule has 1 aromatic rings. The predicted molar refractivity (Wildman–Crippen MR) is 70.7 cm³/mol. The number of ether oxygens (including phenoxy) is 1. The van der Waals surface area contributed by atoms with E-state index >= 15 is 0 Å². The first kappa shape index (κ1) is 10.9. The van der Waals surface area contributed by atoms with Crippen LogP contribution in [0.5, 0.6) is 5.75 Å². The first-order valence-electron chi connectivity index (χ1n) is 6.83. The third-order valence-corrected chi connectivity index (χ3v) is 4.19. The monoisotopic (exact) mass is 231 g/mol. The van der Waals surface area contributed by atoms with Crippen LogP contribution in [-0.4, -0.2) is 19.2 Å². The molecule has 0 unspecified atom stereocenters. The van der Waals surface area contributed by atoms with Gasteiger partial charge >= 0.3 is 0 Å². The van der Waals surface area contributed by atoms with Crippen LogP contribution in [0.1, 0.15) is 32.6 Å². The van der Waals surface area contributed by atoms with Crippen molar-refractivity contribution in [3.8, 4) is 5.75 Å². The largest absolute Gasteiger partial charge is 0.490 e. The molecule has 1 aliphatic heterocycles. The molecule has 2 aliphatic rings. The maximum Gasteiger partial charge on any atom is 0.142 e. The van der Waals surface area contributed by atoms with Gasteiger partial charge in [-0.2, -0.15) is 0 Å². The summed E-state index contributed by atoms with van der Waals surface area (Å²) < 4.78 is 5.72. The van der Waals surface area contributed by atoms with Crippen molar-refractivity contribution in [2.75, 3.05) is 18.1 Å². The fourth-order valence-corrected chi connectivity index (χ4v) is 3.12. The van der Waals surface area contributed by atoms with E-state index < -0.39 is 0 Å². The topological polar surface area (TPSA) is 12.5 Å². The van der Waals surface area contributed by atoms with Crippen LogP contribution in [-0.2, 0) is 0 Å². The highest BCUT2D eigenvalue weighted by Crippen LogP contribution is 2.36. The lowest BCUT2D eigenvalue weighted by Gasteiger charge is -2.40. The molecule has 1 fully saturated rings. The molecule has 1 heterocycles. The molecule has 0 saturated heterocycles. The second-order valence-electron chi connectivity index (χ2n) is 5.42. The molecule has 0 bridgehead atoms. The summed E-state index contributed by atoms with van der Waals surface area (Å²) in [5.74, 6) is 1.99. The van der Waals surface area contributed by atoms with Crippen molar-refractivity contribution >= 4 is 5.69 Å². The summed E-state index contributed by atoms with van der Waals surface area (Å²) in [6.07, 6.45) is 5.44. The minimum absolute atomic E-state index is 0.733. The molecule has 0 atom stereocenters. The molecule has 0 amide bonds. The van der Waals surface area contributed by atoms with Crippen LogP contribution >= 0.6 is 0 Å². The van der Waals surface area contributed by atoms with Crippen molar-refractivity contribution in [3.63, 3.8) is 0 Å². The fourth-order valence-electron chi connectivity index (χ4n) is 3.12. The molecule has 0 radical (unpaired) electrons. The van der Waals surface area contributed by atoms with Crippen LogP contribution in [0, 0.1) is 5.92 Å². The van der Waals surface area contributed by atoms with Gasteiger partial charge in [-0.25, -0.2) is 0 Å². The van der Waals surface area contributed by atoms with Crippen LogP contribution in [0.15, 0.2) is 24.3 Å². The lowest BCUT2D eigenvalue weighted by molar-refractivity contribution is 0.275. The van der Waals surface area contributed by atoms with Crippen LogP contribution in [0.25, 0.3) is 0 Å². The molecule has 0 spiro atoms. The van der Waals surface area contributed by atoms with E-state index in [1.165, 1.54) is 31.4 Å². The van der Waals surface area contributed by atoms with E-state index in [0.717, 1.165) is 30.9 Å². The quantitative estimate of drug-likeness (QED) is 0.734. The van der Waals surface area contributed by atoms with Gasteiger partial charge < -0.3 is 9.64 Å². The minimum Gasteiger partial charge on any atom is -0.490 e. The number of anilines is 1. The zero-order valence-electron chi connectivity index (χ0n) is 10.6. The number of benzene rings is 1. The Morgan fingerprint density at radius 2 is 1.88 bits per heavy atom. The third-order valence-electron chi connectivity index (χ3n) is 4.19. The van der Waals surface area contributed by atoms with Gasteiger partial charge in [-0.3, -0.25) is 0 Å². The molecular weight excluding hydrogens is 210 g/mol. The van der Waals surface area contributed by atoms with Crippen molar-refractivity contribution in [1.82, 2.24) is 0 Å². The molecule has 1 saturated carbocycles. The summed E-state index contributed by atoms with van der Waals surface area (Å²) in [5.41, 5.74) is 1.30. The third kappa shape index (κ3) is 2.13. The number of rotatable bonds is 1. The SMILES string of the molecule is CC1CCC(N2CCOc3ccccc32)CC1. The van der Waals surface area contributed by atoms with Gasteiger partial charge in [0.2, 0.25) is 0 Å². The standard InChI is InChI=1S/C15H21NO/c1-12-6-8-13(9-7-12)16-10-11-17-15-5-3-2-4-14(15)16/h2-5,12-13H,6-11H2,1H3. The van der Waals surface area contributed by atoms with Crippen LogP contribution in [0.4, 0.5) is 5.69 Å². The zero-order chi connectivity index (χ0) is 11.7. The van der Waals surface area contributed by atoms with E-state index in [1.54, 1.807) is 0 Å². The molecule has 1 aromatic carbocycles. The van der Waals surface area contributed by atoms with Gasteiger partial charge in [-0.05, 0) is 43.7 Å². The maximum absolute atomic E-state index is 5.72. The van der Waals surface area contributed by atoms with Crippen molar-refractivity contribution < 1.29 is 4.74 Å². The van der Waals surface area contributed by atoms with E-state index in [2.05, 4.69) is 36.1 Å². The zero-order valence-corrected chi connectivity index (χ0v) is 10.6. The van der Waals surface area contributed by atoms with E-state index in [-0.39, 0.29) is 0 Å². The molecule has 0 aromatic heterocycles. The summed E-state index contributed by atoms with van der Waals surface area (Å²) in [4.78, 5) is 2.57. The second kappa shape index (κ2) is 4.59. The first-order chi connectivity index (χ1) is 8.34. The maximum atomic E-state index is 5.72. The number of fused-ring (bicyclic) bond motifs is 1. The molecule has 2 heteroatoms. The smallest absolute Gasteiger partial charge is 0.142 e. The van der Waals surface area contributed by atoms with Crippen molar-refractivity contribution in [2.45, 2.75) is 38.6 Å². The summed E-state index contributed by atoms with van der Waals surface area (Å²) in [7, 11) is 0. The number of para-hydroxylation sites is 2. The van der Waals surface area contributed by atoms with Gasteiger partial charge in [-0.1, -0.05) is 19.1 Å². The van der Waals surface area contributed by atoms with Gasteiger partial charge in [0, 0.05) is 6.04 Å². The Balaban J connectivity index is 1.80. The van der Waals surface area contributed by atoms with Crippen LogP contribution < -0.4 is 9.64 Å². The summed E-state index contributed by atoms with van der Waals surface area (Å²) in [6, 6.07) is 9.20. The van der Waals surface area contributed by atoms with Gasteiger partial charge in [0.1, 0.15) is 12.4 Å². The average molecular weight is 231 g/mol. The molecular formula is C15H21NO. The van der Waals surface area contributed by atoms with Gasteiger partial charge in [0.25, 0.3) is 0 Å². The molecule has 0 N–H and O–H groups in total. The Bertz CT molecular complexity index is 382. The van der Waals surface area contributed by atoms with Crippen LogP contribution in [0.3, 0.4) is 0 Å². The van der Waals surface area contributed by atoms with E-state index in [0.29, 0.717) is 0 Å². The lowest BCUT2D eigenvalue weighted by Crippen LogP contribution is -2.42. The highest BCUT2D eigenvalue weighted by Gasteiger charge is 2.27. The molecule has 3 rings (SSSR count). The molecule has 17 heavy (non-hydrogen) atoms. The Hall–Kier alpha value is -1.18. The lowest BCUT2D eigenvalue weighted by atomic mass is 9.86. The van der Waals surface area contributed by atoms with Crippen molar-refractivity contribution in [3.05, 3.63) is 24.3 Å². The number of hydrogen-bond donors (Lipinski definition) is 0. The first-order valence-corrected chi connectivity index (χ1v) is 6.83. The Morgan fingerprint density at radius 1 is 1.12 bits per heavy atom. The molecule has 2 nitrogen and oxygen atoms in total. The summed E-state index contributed by atoms with van der Waals surface area (Å²) >= 11 is 0. The Morgan fingerprint density at radius 3 is 2.71 bits per heavy atom. The Kier molecular flexibility index (Phi) is 2.96. The second-order valence-corrected chi connectivity index (χ2v) is 5.42. The van der Waals surface area contributed by atoms with Crippen molar-refractivity contribution in [1.29, 1.82) is 0 Å². The highest BCUT2D eigenvalue weighted by atomic mass is 16.5. The molecule has 1 aliphatic carbocycles. The highest BCUT2D eigenvalue weighted by molar-refractivity contribution is 5.60. The van der Waals surface area contributed by atoms with E-state index in [9.17, 15) is 0 Å². The van der Waals surface area contributed by atoms with Crippen molar-refractivity contribution in [2.24, 2.45) is 5.92 Å². The van der Waals surface area contributed by atoms with Crippen LogP contribution in [0.2, 0.25) is 0 Å². The average Bonchev–Trinajstić information content (AvgIpc) is 2.39. The number of hydrogen-bond acceptors (Lipinski definition) is 2. The van der Waals surface area contributed by atoms with E-state index in [4.69, 9.17) is 4.74 Å². The van der Waals surface area contributed by atoms with Gasteiger partial charge in [0.05, 0.1) is 12.2 Å². The summed E-state index contributed by atoms with van der Waals surface area (Å²) in [6.45, 7) is 4.27. The number of nitrogens with zero attached hydrogens (tertiary/aromatic N) is 1. The Labute approximate surface area is 104 Å². The fraction of sp³-hybridized carbons (Fsp3) is 0.600. The predicted octanol–water partition coefficient (Wildman–Crippen LogP) is 3.46. The summed E-state index contributed by atoms with van der Waals surface area (Å²) in [5, 5.41) is 0. The minimum atomic E-state index is 0.733. The molecule has 92 valence electrons.